The molecule has 0 fully saturated rings. The minimum absolute atomic E-state index is 0.307. The highest BCUT2D eigenvalue weighted by Crippen LogP contribution is 2.35. The minimum atomic E-state index is 0.307. The first-order chi connectivity index (χ1) is 7.24. The number of benzene rings is 1. The van der Waals surface area contributed by atoms with E-state index >= 15 is 0 Å². The minimum Gasteiger partial charge on any atom is -0.496 e. The number of aryl methyl sites for hydroxylation is 1. The van der Waals surface area contributed by atoms with Crippen LogP contribution in [0.1, 0.15) is 31.4 Å². The van der Waals surface area contributed by atoms with Crippen molar-refractivity contribution in [3.05, 3.63) is 23.3 Å². The molecule has 0 saturated heterocycles. The molecule has 15 heavy (non-hydrogen) atoms. The van der Waals surface area contributed by atoms with Crippen molar-refractivity contribution >= 4 is 0 Å². The quantitative estimate of drug-likeness (QED) is 0.757. The zero-order valence-electron chi connectivity index (χ0n) is 9.67. The van der Waals surface area contributed by atoms with Crippen LogP contribution in [-0.4, -0.2) is 13.2 Å². The lowest BCUT2D eigenvalue weighted by molar-refractivity contribution is 0.254. The number of ether oxygens (including phenoxy) is 2. The Morgan fingerprint density at radius 3 is 2.93 bits per heavy atom. The van der Waals surface area contributed by atoms with Crippen LogP contribution in [0.2, 0.25) is 0 Å². The van der Waals surface area contributed by atoms with E-state index in [1.807, 2.05) is 0 Å². The molecule has 1 heterocycles. The lowest BCUT2D eigenvalue weighted by Gasteiger charge is -2.10. The van der Waals surface area contributed by atoms with E-state index in [0.717, 1.165) is 30.8 Å². The van der Waals surface area contributed by atoms with E-state index in [4.69, 9.17) is 9.47 Å². The Kier molecular flexibility index (Phi) is 2.85. The summed E-state index contributed by atoms with van der Waals surface area (Å²) in [6, 6.07) is 4.27. The molecular weight excluding hydrogens is 188 g/mol. The van der Waals surface area contributed by atoms with Crippen LogP contribution in [0.5, 0.6) is 11.5 Å². The molecule has 2 nitrogen and oxygen atoms in total. The molecule has 0 bridgehead atoms. The normalized spacial score (nSPS) is 18.5. The molecule has 0 saturated carbocycles. The van der Waals surface area contributed by atoms with Gasteiger partial charge in [0.2, 0.25) is 0 Å². The highest BCUT2D eigenvalue weighted by molar-refractivity contribution is 5.48. The third-order valence-corrected chi connectivity index (χ3v) is 2.82. The van der Waals surface area contributed by atoms with Crippen LogP contribution >= 0.6 is 0 Å². The molecule has 1 atom stereocenters. The molecule has 0 N–H and O–H groups in total. The highest BCUT2D eigenvalue weighted by Gasteiger charge is 2.21. The van der Waals surface area contributed by atoms with Crippen LogP contribution in [0.4, 0.5) is 0 Å². The topological polar surface area (TPSA) is 18.5 Å². The van der Waals surface area contributed by atoms with Gasteiger partial charge in [-0.2, -0.15) is 0 Å². The summed E-state index contributed by atoms with van der Waals surface area (Å²) in [5, 5.41) is 0. The Balaban J connectivity index is 2.36. The van der Waals surface area contributed by atoms with Gasteiger partial charge in [-0.3, -0.25) is 0 Å². The van der Waals surface area contributed by atoms with E-state index in [1.165, 1.54) is 11.1 Å². The van der Waals surface area contributed by atoms with E-state index in [0.29, 0.717) is 6.10 Å². The van der Waals surface area contributed by atoms with Crippen LogP contribution in [0, 0.1) is 0 Å². The van der Waals surface area contributed by atoms with Crippen LogP contribution < -0.4 is 9.47 Å². The standard InChI is InChI=1S/C13H18O2/c1-4-5-10-7-13-11(6-9(2)15-13)8-12(10)14-3/h7-9H,4-6H2,1-3H3. The molecule has 1 aromatic carbocycles. The van der Waals surface area contributed by atoms with Gasteiger partial charge < -0.3 is 9.47 Å². The summed E-state index contributed by atoms with van der Waals surface area (Å²) in [5.41, 5.74) is 2.53. The van der Waals surface area contributed by atoms with Gasteiger partial charge in [-0.1, -0.05) is 13.3 Å². The van der Waals surface area contributed by atoms with Crippen LogP contribution in [-0.2, 0) is 12.8 Å². The molecule has 0 spiro atoms. The maximum atomic E-state index is 5.74. The molecule has 0 aliphatic carbocycles. The van der Waals surface area contributed by atoms with E-state index < -0.39 is 0 Å². The third kappa shape index (κ3) is 1.94. The van der Waals surface area contributed by atoms with E-state index in [9.17, 15) is 0 Å². The molecule has 0 radical (unpaired) electrons. The first-order valence-corrected chi connectivity index (χ1v) is 5.61. The molecule has 0 aromatic heterocycles. The number of fused-ring (bicyclic) bond motifs is 1. The summed E-state index contributed by atoms with van der Waals surface area (Å²) >= 11 is 0. The molecule has 82 valence electrons. The van der Waals surface area contributed by atoms with Gasteiger partial charge >= 0.3 is 0 Å². The van der Waals surface area contributed by atoms with Crippen molar-refractivity contribution in [2.24, 2.45) is 0 Å². The molecule has 1 aromatic rings. The molecule has 1 aliphatic heterocycles. The van der Waals surface area contributed by atoms with Gasteiger partial charge in [0.05, 0.1) is 7.11 Å². The van der Waals surface area contributed by atoms with Crippen LogP contribution in [0.25, 0.3) is 0 Å². The molecule has 1 aliphatic rings. The fourth-order valence-electron chi connectivity index (χ4n) is 2.14. The van der Waals surface area contributed by atoms with Gasteiger partial charge in [0.1, 0.15) is 17.6 Å². The number of rotatable bonds is 3. The Morgan fingerprint density at radius 1 is 1.47 bits per heavy atom. The molecule has 1 unspecified atom stereocenters. The van der Waals surface area contributed by atoms with E-state index in [-0.39, 0.29) is 0 Å². The van der Waals surface area contributed by atoms with Gasteiger partial charge in [0.15, 0.2) is 0 Å². The summed E-state index contributed by atoms with van der Waals surface area (Å²) in [5.74, 6) is 2.06. The van der Waals surface area contributed by atoms with Crippen molar-refractivity contribution < 1.29 is 9.47 Å². The summed E-state index contributed by atoms with van der Waals surface area (Å²) in [7, 11) is 1.74. The van der Waals surface area contributed by atoms with Gasteiger partial charge in [0.25, 0.3) is 0 Å². The average Bonchev–Trinajstić information content (AvgIpc) is 2.56. The predicted molar refractivity (Wildman–Crippen MR) is 60.8 cm³/mol. The summed E-state index contributed by atoms with van der Waals surface area (Å²) in [4.78, 5) is 0. The number of methoxy groups -OCH3 is 1. The van der Waals surface area contributed by atoms with Crippen LogP contribution in [0.15, 0.2) is 12.1 Å². The third-order valence-electron chi connectivity index (χ3n) is 2.82. The van der Waals surface area contributed by atoms with Gasteiger partial charge in [-0.25, -0.2) is 0 Å². The Labute approximate surface area is 91.2 Å². The highest BCUT2D eigenvalue weighted by atomic mass is 16.5. The summed E-state index contributed by atoms with van der Waals surface area (Å²) < 4.78 is 11.1. The van der Waals surface area contributed by atoms with Gasteiger partial charge in [-0.15, -0.1) is 0 Å². The fraction of sp³-hybridized carbons (Fsp3) is 0.538. The van der Waals surface area contributed by atoms with Crippen LogP contribution in [0.3, 0.4) is 0 Å². The lowest BCUT2D eigenvalue weighted by Crippen LogP contribution is -2.05. The van der Waals surface area contributed by atoms with Crippen molar-refractivity contribution in [3.63, 3.8) is 0 Å². The average molecular weight is 206 g/mol. The smallest absolute Gasteiger partial charge is 0.123 e. The largest absolute Gasteiger partial charge is 0.496 e. The van der Waals surface area contributed by atoms with E-state index in [1.54, 1.807) is 7.11 Å². The Morgan fingerprint density at radius 2 is 2.27 bits per heavy atom. The second-order valence-electron chi connectivity index (χ2n) is 4.15. The first-order valence-electron chi connectivity index (χ1n) is 5.61. The molecular formula is C13H18O2. The molecule has 2 rings (SSSR count). The predicted octanol–water partition coefficient (Wildman–Crippen LogP) is 2.97. The number of hydrogen-bond donors (Lipinski definition) is 0. The lowest BCUT2D eigenvalue weighted by atomic mass is 10.0. The second-order valence-corrected chi connectivity index (χ2v) is 4.15. The second kappa shape index (κ2) is 4.13. The van der Waals surface area contributed by atoms with Crippen molar-refractivity contribution in [1.82, 2.24) is 0 Å². The van der Waals surface area contributed by atoms with Gasteiger partial charge in [0, 0.05) is 12.0 Å². The van der Waals surface area contributed by atoms with Crippen molar-refractivity contribution in [1.29, 1.82) is 0 Å². The maximum absolute atomic E-state index is 5.74. The van der Waals surface area contributed by atoms with Gasteiger partial charge in [-0.05, 0) is 31.0 Å². The SMILES string of the molecule is CCCc1cc2c(cc1OC)CC(C)O2. The van der Waals surface area contributed by atoms with E-state index in [2.05, 4.69) is 26.0 Å². The number of hydrogen-bond acceptors (Lipinski definition) is 2. The van der Waals surface area contributed by atoms with Crippen molar-refractivity contribution in [2.75, 3.05) is 7.11 Å². The zero-order chi connectivity index (χ0) is 10.8. The molecule has 2 heteroatoms. The summed E-state index contributed by atoms with van der Waals surface area (Å²) in [6.45, 7) is 4.28. The summed E-state index contributed by atoms with van der Waals surface area (Å²) in [6.07, 6.45) is 3.48. The Hall–Kier alpha value is -1.18. The fourth-order valence-corrected chi connectivity index (χ4v) is 2.14. The van der Waals surface area contributed by atoms with Crippen molar-refractivity contribution in [2.45, 2.75) is 39.2 Å². The maximum Gasteiger partial charge on any atom is 0.123 e. The monoisotopic (exact) mass is 206 g/mol. The Bertz CT molecular complexity index is 358. The molecule has 0 amide bonds. The van der Waals surface area contributed by atoms with Crippen molar-refractivity contribution in [3.8, 4) is 11.5 Å². The zero-order valence-corrected chi connectivity index (χ0v) is 9.67. The first kappa shape index (κ1) is 10.3.